The van der Waals surface area contributed by atoms with Gasteiger partial charge in [0.15, 0.2) is 0 Å². The Balaban J connectivity index is 1.61. The van der Waals surface area contributed by atoms with Crippen LogP contribution in [-0.2, 0) is 6.42 Å². The largest absolute Gasteiger partial charge is 0.493 e. The summed E-state index contributed by atoms with van der Waals surface area (Å²) >= 11 is 3.68. The normalized spacial score (nSPS) is 24.9. The maximum Gasteiger partial charge on any atom is 0.251 e. The van der Waals surface area contributed by atoms with Gasteiger partial charge in [0.1, 0.15) is 5.75 Å². The molecule has 102 valence electrons. The SMILES string of the molecule is O=C(NCC1CCCC1Br)c1ccc2c(c1)CCO2. The summed E-state index contributed by atoms with van der Waals surface area (Å²) in [5.74, 6) is 1.52. The van der Waals surface area contributed by atoms with Crippen LogP contribution in [-0.4, -0.2) is 23.9 Å². The molecule has 1 aromatic carbocycles. The molecule has 2 atom stereocenters. The minimum Gasteiger partial charge on any atom is -0.493 e. The summed E-state index contributed by atoms with van der Waals surface area (Å²) < 4.78 is 5.45. The number of fused-ring (bicyclic) bond motifs is 1. The maximum absolute atomic E-state index is 12.1. The second-order valence-corrected chi connectivity index (χ2v) is 6.51. The first-order chi connectivity index (χ1) is 9.24. The summed E-state index contributed by atoms with van der Waals surface area (Å²) in [6.45, 7) is 1.50. The van der Waals surface area contributed by atoms with Crippen LogP contribution in [0.5, 0.6) is 5.75 Å². The van der Waals surface area contributed by atoms with Gasteiger partial charge in [-0.1, -0.05) is 22.4 Å². The standard InChI is InChI=1S/C15H18BrNO2/c16-13-3-1-2-12(13)9-17-15(18)11-4-5-14-10(8-11)6-7-19-14/h4-5,8,12-13H,1-3,6-7,9H2,(H,17,18). The first-order valence-corrected chi connectivity index (χ1v) is 7.83. The van der Waals surface area contributed by atoms with Gasteiger partial charge < -0.3 is 10.1 Å². The molecule has 1 heterocycles. The van der Waals surface area contributed by atoms with Crippen LogP contribution in [0.3, 0.4) is 0 Å². The fourth-order valence-electron chi connectivity index (χ4n) is 2.88. The Labute approximate surface area is 121 Å². The van der Waals surface area contributed by atoms with Gasteiger partial charge in [0.25, 0.3) is 5.91 Å². The second-order valence-electron chi connectivity index (χ2n) is 5.34. The zero-order valence-corrected chi connectivity index (χ0v) is 12.4. The van der Waals surface area contributed by atoms with Crippen molar-refractivity contribution >= 4 is 21.8 Å². The van der Waals surface area contributed by atoms with Crippen LogP contribution in [0.15, 0.2) is 18.2 Å². The fourth-order valence-corrected chi connectivity index (χ4v) is 3.65. The third-order valence-electron chi connectivity index (χ3n) is 4.04. The fraction of sp³-hybridized carbons (Fsp3) is 0.533. The number of carbonyl (C=O) groups excluding carboxylic acids is 1. The van der Waals surface area contributed by atoms with Gasteiger partial charge in [0, 0.05) is 23.4 Å². The molecule has 1 aliphatic carbocycles. The molecule has 0 spiro atoms. The van der Waals surface area contributed by atoms with Crippen molar-refractivity contribution in [2.45, 2.75) is 30.5 Å². The third-order valence-corrected chi connectivity index (χ3v) is 5.25. The highest BCUT2D eigenvalue weighted by Crippen LogP contribution is 2.31. The number of nitrogens with one attached hydrogen (secondary N) is 1. The van der Waals surface area contributed by atoms with Crippen LogP contribution in [0, 0.1) is 5.92 Å². The van der Waals surface area contributed by atoms with E-state index in [2.05, 4.69) is 21.2 Å². The van der Waals surface area contributed by atoms with Gasteiger partial charge in [-0.05, 0) is 42.5 Å². The van der Waals surface area contributed by atoms with Gasteiger partial charge in [-0.3, -0.25) is 4.79 Å². The molecule has 1 aromatic rings. The highest BCUT2D eigenvalue weighted by molar-refractivity contribution is 9.09. The summed E-state index contributed by atoms with van der Waals surface area (Å²) in [6.07, 6.45) is 4.58. The monoisotopic (exact) mass is 323 g/mol. The number of hydrogen-bond acceptors (Lipinski definition) is 2. The zero-order valence-electron chi connectivity index (χ0n) is 10.8. The minimum absolute atomic E-state index is 0.0290. The van der Waals surface area contributed by atoms with E-state index in [1.54, 1.807) is 0 Å². The van der Waals surface area contributed by atoms with E-state index in [1.807, 2.05) is 18.2 Å². The van der Waals surface area contributed by atoms with Gasteiger partial charge >= 0.3 is 0 Å². The maximum atomic E-state index is 12.1. The van der Waals surface area contributed by atoms with E-state index in [0.717, 1.165) is 36.4 Å². The van der Waals surface area contributed by atoms with Crippen molar-refractivity contribution in [1.29, 1.82) is 0 Å². The number of amides is 1. The quantitative estimate of drug-likeness (QED) is 0.868. The van der Waals surface area contributed by atoms with Gasteiger partial charge in [-0.2, -0.15) is 0 Å². The Morgan fingerprint density at radius 1 is 1.42 bits per heavy atom. The molecule has 1 amide bonds. The number of alkyl halides is 1. The van der Waals surface area contributed by atoms with E-state index in [0.29, 0.717) is 10.7 Å². The third kappa shape index (κ3) is 2.78. The van der Waals surface area contributed by atoms with Crippen molar-refractivity contribution < 1.29 is 9.53 Å². The number of carbonyl (C=O) groups is 1. The molecule has 1 N–H and O–H groups in total. The molecule has 19 heavy (non-hydrogen) atoms. The first kappa shape index (κ1) is 13.0. The molecule has 0 aromatic heterocycles. The Morgan fingerprint density at radius 2 is 2.32 bits per heavy atom. The Morgan fingerprint density at radius 3 is 3.11 bits per heavy atom. The zero-order chi connectivity index (χ0) is 13.2. The number of benzene rings is 1. The van der Waals surface area contributed by atoms with Crippen molar-refractivity contribution in [2.75, 3.05) is 13.2 Å². The van der Waals surface area contributed by atoms with Crippen LogP contribution in [0.2, 0.25) is 0 Å². The molecule has 2 unspecified atom stereocenters. The summed E-state index contributed by atoms with van der Waals surface area (Å²) in [5, 5.41) is 3.05. The lowest BCUT2D eigenvalue weighted by molar-refractivity contribution is 0.0948. The number of ether oxygens (including phenoxy) is 1. The lowest BCUT2D eigenvalue weighted by Gasteiger charge is -2.14. The summed E-state index contributed by atoms with van der Waals surface area (Å²) in [7, 11) is 0. The van der Waals surface area contributed by atoms with E-state index in [4.69, 9.17) is 4.74 Å². The Bertz CT molecular complexity index is 489. The number of hydrogen-bond donors (Lipinski definition) is 1. The number of rotatable bonds is 3. The predicted molar refractivity (Wildman–Crippen MR) is 78.0 cm³/mol. The average molecular weight is 324 g/mol. The average Bonchev–Trinajstić information content (AvgIpc) is 3.03. The molecule has 1 saturated carbocycles. The van der Waals surface area contributed by atoms with E-state index in [-0.39, 0.29) is 5.91 Å². The highest BCUT2D eigenvalue weighted by atomic mass is 79.9. The van der Waals surface area contributed by atoms with E-state index in [1.165, 1.54) is 19.3 Å². The van der Waals surface area contributed by atoms with Gasteiger partial charge in [-0.15, -0.1) is 0 Å². The summed E-state index contributed by atoms with van der Waals surface area (Å²) in [6, 6.07) is 5.71. The van der Waals surface area contributed by atoms with Crippen LogP contribution >= 0.6 is 15.9 Å². The van der Waals surface area contributed by atoms with Gasteiger partial charge in [0.05, 0.1) is 6.61 Å². The van der Waals surface area contributed by atoms with Crippen LogP contribution in [0.1, 0.15) is 35.2 Å². The molecule has 0 saturated heterocycles. The molecular weight excluding hydrogens is 306 g/mol. The number of halogens is 1. The van der Waals surface area contributed by atoms with Crippen molar-refractivity contribution in [3.05, 3.63) is 29.3 Å². The van der Waals surface area contributed by atoms with Crippen molar-refractivity contribution in [3.8, 4) is 5.75 Å². The Hall–Kier alpha value is -1.03. The highest BCUT2D eigenvalue weighted by Gasteiger charge is 2.25. The molecule has 4 heteroatoms. The van der Waals surface area contributed by atoms with Crippen LogP contribution in [0.25, 0.3) is 0 Å². The summed E-state index contributed by atoms with van der Waals surface area (Å²) in [4.78, 5) is 12.7. The van der Waals surface area contributed by atoms with E-state index >= 15 is 0 Å². The van der Waals surface area contributed by atoms with E-state index < -0.39 is 0 Å². The molecule has 1 fully saturated rings. The molecule has 0 radical (unpaired) electrons. The summed E-state index contributed by atoms with van der Waals surface area (Å²) in [5.41, 5.74) is 1.89. The van der Waals surface area contributed by atoms with Gasteiger partial charge in [0.2, 0.25) is 0 Å². The van der Waals surface area contributed by atoms with Crippen molar-refractivity contribution in [3.63, 3.8) is 0 Å². The lowest BCUT2D eigenvalue weighted by Crippen LogP contribution is -2.30. The molecule has 3 nitrogen and oxygen atoms in total. The molecular formula is C15H18BrNO2. The molecule has 0 bridgehead atoms. The van der Waals surface area contributed by atoms with E-state index in [9.17, 15) is 4.79 Å². The molecule has 3 rings (SSSR count). The smallest absolute Gasteiger partial charge is 0.251 e. The van der Waals surface area contributed by atoms with Crippen molar-refractivity contribution in [2.24, 2.45) is 5.92 Å². The topological polar surface area (TPSA) is 38.3 Å². The van der Waals surface area contributed by atoms with Crippen LogP contribution < -0.4 is 10.1 Å². The lowest BCUT2D eigenvalue weighted by atomic mass is 10.1. The molecule has 2 aliphatic rings. The first-order valence-electron chi connectivity index (χ1n) is 6.92. The Kier molecular flexibility index (Phi) is 3.78. The minimum atomic E-state index is 0.0290. The van der Waals surface area contributed by atoms with Gasteiger partial charge in [-0.25, -0.2) is 0 Å². The second kappa shape index (κ2) is 5.53. The van der Waals surface area contributed by atoms with Crippen molar-refractivity contribution in [1.82, 2.24) is 5.32 Å². The predicted octanol–water partition coefficient (Wildman–Crippen LogP) is 2.91. The van der Waals surface area contributed by atoms with Crippen LogP contribution in [0.4, 0.5) is 0 Å². The molecule has 1 aliphatic heterocycles.